The average Bonchev–Trinajstić information content (AvgIpc) is 2.47. The maximum Gasteiger partial charge on any atom is 0.161 e. The molecule has 3 heteroatoms. The lowest BCUT2D eigenvalue weighted by molar-refractivity contribution is 0.816. The molecule has 112 valence electrons. The summed E-state index contributed by atoms with van der Waals surface area (Å²) < 4.78 is 0. The van der Waals surface area contributed by atoms with E-state index in [4.69, 9.17) is 4.98 Å². The molecule has 21 heavy (non-hydrogen) atoms. The van der Waals surface area contributed by atoms with Crippen LogP contribution in [0.4, 0.5) is 5.82 Å². The number of nitrogens with zero attached hydrogens (tertiary/aromatic N) is 2. The number of benzene rings is 1. The van der Waals surface area contributed by atoms with Crippen LogP contribution in [0.5, 0.6) is 0 Å². The fourth-order valence-electron chi connectivity index (χ4n) is 2.12. The topological polar surface area (TPSA) is 37.8 Å². The van der Waals surface area contributed by atoms with Crippen LogP contribution in [0.25, 0.3) is 11.4 Å². The zero-order valence-electron chi connectivity index (χ0n) is 13.7. The third-order valence-corrected chi connectivity index (χ3v) is 3.66. The van der Waals surface area contributed by atoms with Crippen molar-refractivity contribution in [2.24, 2.45) is 0 Å². The monoisotopic (exact) mass is 283 g/mol. The van der Waals surface area contributed by atoms with Gasteiger partial charge in [-0.1, -0.05) is 32.9 Å². The van der Waals surface area contributed by atoms with Gasteiger partial charge in [-0.3, -0.25) is 0 Å². The minimum atomic E-state index is 0.389. The molecule has 2 rings (SSSR count). The van der Waals surface area contributed by atoms with Crippen molar-refractivity contribution in [2.45, 2.75) is 47.0 Å². The summed E-state index contributed by atoms with van der Waals surface area (Å²) in [4.78, 5) is 9.40. The summed E-state index contributed by atoms with van der Waals surface area (Å²) in [5.74, 6) is 2.12. The summed E-state index contributed by atoms with van der Waals surface area (Å²) >= 11 is 0. The van der Waals surface area contributed by atoms with Gasteiger partial charge in [0.1, 0.15) is 5.82 Å². The van der Waals surface area contributed by atoms with Crippen LogP contribution in [0.3, 0.4) is 0 Å². The lowest BCUT2D eigenvalue weighted by Gasteiger charge is -2.12. The SMILES string of the molecule is CCCNc1cc(C(C)C)nc(-c2ccc(C)c(C)c2)n1. The molecule has 3 nitrogen and oxygen atoms in total. The fraction of sp³-hybridized carbons (Fsp3) is 0.444. The Bertz CT molecular complexity index is 618. The molecule has 0 radical (unpaired) electrons. The van der Waals surface area contributed by atoms with E-state index in [2.05, 4.69) is 69.2 Å². The lowest BCUT2D eigenvalue weighted by atomic mass is 10.1. The first-order valence-electron chi connectivity index (χ1n) is 7.71. The molecule has 0 aliphatic rings. The van der Waals surface area contributed by atoms with Crippen molar-refractivity contribution in [1.82, 2.24) is 9.97 Å². The van der Waals surface area contributed by atoms with E-state index < -0.39 is 0 Å². The Labute approximate surface area is 127 Å². The Morgan fingerprint density at radius 2 is 1.81 bits per heavy atom. The van der Waals surface area contributed by atoms with Crippen LogP contribution < -0.4 is 5.32 Å². The molecular weight excluding hydrogens is 258 g/mol. The molecule has 0 atom stereocenters. The highest BCUT2D eigenvalue weighted by Gasteiger charge is 2.10. The second kappa shape index (κ2) is 6.70. The first kappa shape index (κ1) is 15.5. The first-order valence-corrected chi connectivity index (χ1v) is 7.71. The van der Waals surface area contributed by atoms with E-state index in [0.717, 1.165) is 35.9 Å². The van der Waals surface area contributed by atoms with Crippen molar-refractivity contribution in [2.75, 3.05) is 11.9 Å². The molecule has 2 aromatic rings. The van der Waals surface area contributed by atoms with Gasteiger partial charge in [-0.2, -0.15) is 0 Å². The Morgan fingerprint density at radius 3 is 2.43 bits per heavy atom. The van der Waals surface area contributed by atoms with E-state index in [0.29, 0.717) is 5.92 Å². The first-order chi connectivity index (χ1) is 10.0. The van der Waals surface area contributed by atoms with Gasteiger partial charge in [-0.25, -0.2) is 9.97 Å². The zero-order valence-corrected chi connectivity index (χ0v) is 13.7. The number of rotatable bonds is 5. The van der Waals surface area contributed by atoms with Gasteiger partial charge in [-0.05, 0) is 43.4 Å². The number of anilines is 1. The van der Waals surface area contributed by atoms with Crippen LogP contribution in [-0.2, 0) is 0 Å². The van der Waals surface area contributed by atoms with Gasteiger partial charge in [0, 0.05) is 23.9 Å². The van der Waals surface area contributed by atoms with Crippen LogP contribution in [0.1, 0.15) is 49.9 Å². The summed E-state index contributed by atoms with van der Waals surface area (Å²) in [6, 6.07) is 8.46. The molecule has 0 aliphatic carbocycles. The van der Waals surface area contributed by atoms with E-state index in [9.17, 15) is 0 Å². The number of nitrogens with one attached hydrogen (secondary N) is 1. The highest BCUT2D eigenvalue weighted by atomic mass is 15.0. The largest absolute Gasteiger partial charge is 0.370 e. The molecule has 0 saturated carbocycles. The summed E-state index contributed by atoms with van der Waals surface area (Å²) in [6.07, 6.45) is 1.08. The minimum absolute atomic E-state index is 0.389. The molecule has 0 saturated heterocycles. The number of hydrogen-bond donors (Lipinski definition) is 1. The fourth-order valence-corrected chi connectivity index (χ4v) is 2.12. The van der Waals surface area contributed by atoms with Crippen molar-refractivity contribution >= 4 is 5.82 Å². The third-order valence-electron chi connectivity index (χ3n) is 3.66. The standard InChI is InChI=1S/C18H25N3/c1-6-9-19-17-11-16(12(2)3)20-18(21-17)15-8-7-13(4)14(5)10-15/h7-8,10-12H,6,9H2,1-5H3,(H,19,20,21). The summed E-state index contributed by atoms with van der Waals surface area (Å²) in [5, 5.41) is 3.37. The second-order valence-corrected chi connectivity index (χ2v) is 5.88. The highest BCUT2D eigenvalue weighted by Crippen LogP contribution is 2.23. The normalized spacial score (nSPS) is 11.0. The number of aromatic nitrogens is 2. The summed E-state index contributed by atoms with van der Waals surface area (Å²) in [7, 11) is 0. The number of aryl methyl sites for hydroxylation is 2. The molecule has 0 unspecified atom stereocenters. The van der Waals surface area contributed by atoms with Gasteiger partial charge in [-0.15, -0.1) is 0 Å². The van der Waals surface area contributed by atoms with Crippen LogP contribution in [0.15, 0.2) is 24.3 Å². The zero-order chi connectivity index (χ0) is 15.4. The average molecular weight is 283 g/mol. The van der Waals surface area contributed by atoms with Crippen LogP contribution in [0, 0.1) is 13.8 Å². The van der Waals surface area contributed by atoms with Gasteiger partial charge in [0.25, 0.3) is 0 Å². The van der Waals surface area contributed by atoms with E-state index in [-0.39, 0.29) is 0 Å². The van der Waals surface area contributed by atoms with Crippen molar-refractivity contribution < 1.29 is 0 Å². The number of hydrogen-bond acceptors (Lipinski definition) is 3. The quantitative estimate of drug-likeness (QED) is 0.863. The van der Waals surface area contributed by atoms with Crippen LogP contribution >= 0.6 is 0 Å². The van der Waals surface area contributed by atoms with Crippen molar-refractivity contribution in [3.63, 3.8) is 0 Å². The van der Waals surface area contributed by atoms with E-state index in [1.165, 1.54) is 11.1 Å². The second-order valence-electron chi connectivity index (χ2n) is 5.88. The molecule has 1 aromatic heterocycles. The minimum Gasteiger partial charge on any atom is -0.370 e. The van der Waals surface area contributed by atoms with E-state index in [1.807, 2.05) is 0 Å². The smallest absolute Gasteiger partial charge is 0.161 e. The Kier molecular flexibility index (Phi) is 4.94. The molecular formula is C18H25N3. The highest BCUT2D eigenvalue weighted by molar-refractivity contribution is 5.59. The Balaban J connectivity index is 2.45. The van der Waals surface area contributed by atoms with Gasteiger partial charge < -0.3 is 5.32 Å². The Hall–Kier alpha value is -1.90. The van der Waals surface area contributed by atoms with Crippen molar-refractivity contribution in [3.8, 4) is 11.4 Å². The van der Waals surface area contributed by atoms with Crippen LogP contribution in [0.2, 0.25) is 0 Å². The van der Waals surface area contributed by atoms with E-state index >= 15 is 0 Å². The molecule has 0 amide bonds. The predicted molar refractivity (Wildman–Crippen MR) is 89.8 cm³/mol. The molecule has 0 aliphatic heterocycles. The predicted octanol–water partition coefficient (Wildman–Crippen LogP) is 4.71. The maximum atomic E-state index is 4.73. The van der Waals surface area contributed by atoms with Gasteiger partial charge in [0.05, 0.1) is 0 Å². The van der Waals surface area contributed by atoms with Gasteiger partial charge >= 0.3 is 0 Å². The van der Waals surface area contributed by atoms with Gasteiger partial charge in [0.15, 0.2) is 5.82 Å². The molecule has 0 bridgehead atoms. The van der Waals surface area contributed by atoms with Gasteiger partial charge in [0.2, 0.25) is 0 Å². The third kappa shape index (κ3) is 3.81. The maximum absolute atomic E-state index is 4.73. The Morgan fingerprint density at radius 1 is 1.05 bits per heavy atom. The van der Waals surface area contributed by atoms with Crippen molar-refractivity contribution in [1.29, 1.82) is 0 Å². The van der Waals surface area contributed by atoms with E-state index in [1.54, 1.807) is 0 Å². The molecule has 0 fully saturated rings. The molecule has 1 aromatic carbocycles. The molecule has 1 heterocycles. The summed E-state index contributed by atoms with van der Waals surface area (Å²) in [6.45, 7) is 11.7. The van der Waals surface area contributed by atoms with Crippen molar-refractivity contribution in [3.05, 3.63) is 41.1 Å². The lowest BCUT2D eigenvalue weighted by Crippen LogP contribution is -2.06. The molecule has 0 spiro atoms. The molecule has 1 N–H and O–H groups in total. The summed E-state index contributed by atoms with van der Waals surface area (Å²) in [5.41, 5.74) is 4.73. The van der Waals surface area contributed by atoms with Crippen LogP contribution in [-0.4, -0.2) is 16.5 Å².